The van der Waals surface area contributed by atoms with Gasteiger partial charge in [0.1, 0.15) is 11.5 Å². The molecule has 1 aromatic carbocycles. The van der Waals surface area contributed by atoms with Crippen molar-refractivity contribution < 1.29 is 14.3 Å². The van der Waals surface area contributed by atoms with Gasteiger partial charge in [0.05, 0.1) is 36.2 Å². The summed E-state index contributed by atoms with van der Waals surface area (Å²) in [7, 11) is 3.10. The van der Waals surface area contributed by atoms with Crippen molar-refractivity contribution in [1.29, 1.82) is 0 Å². The van der Waals surface area contributed by atoms with Crippen molar-refractivity contribution in [2.24, 2.45) is 0 Å². The van der Waals surface area contributed by atoms with E-state index in [0.717, 1.165) is 11.1 Å². The summed E-state index contributed by atoms with van der Waals surface area (Å²) in [5, 5.41) is 4.49. The molecule has 0 aliphatic rings. The third-order valence-corrected chi connectivity index (χ3v) is 5.18. The van der Waals surface area contributed by atoms with Crippen molar-refractivity contribution in [2.75, 3.05) is 32.6 Å². The second kappa shape index (κ2) is 10.5. The summed E-state index contributed by atoms with van der Waals surface area (Å²) in [6.45, 7) is 6.98. The minimum absolute atomic E-state index is 0. The highest BCUT2D eigenvalue weighted by Crippen LogP contribution is 2.39. The lowest BCUT2D eigenvalue weighted by Crippen LogP contribution is -2.31. The maximum Gasteiger partial charge on any atom is 0.257 e. The molecule has 0 radical (unpaired) electrons. The van der Waals surface area contributed by atoms with Crippen molar-refractivity contribution in [3.63, 3.8) is 0 Å². The van der Waals surface area contributed by atoms with Crippen LogP contribution in [0.3, 0.4) is 0 Å². The summed E-state index contributed by atoms with van der Waals surface area (Å²) in [4.78, 5) is 23.9. The van der Waals surface area contributed by atoms with Crippen LogP contribution in [0.15, 0.2) is 30.5 Å². The van der Waals surface area contributed by atoms with Gasteiger partial charge in [0.25, 0.3) is 5.91 Å². The van der Waals surface area contributed by atoms with E-state index in [9.17, 15) is 4.79 Å². The van der Waals surface area contributed by atoms with Crippen LogP contribution in [0, 0.1) is 6.92 Å². The molecule has 1 amide bonds. The first kappa shape index (κ1) is 24.5. The number of aryl methyl sites for hydroxylation is 1. The van der Waals surface area contributed by atoms with Gasteiger partial charge in [-0.2, -0.15) is 0 Å². The smallest absolute Gasteiger partial charge is 0.257 e. The van der Waals surface area contributed by atoms with E-state index in [1.807, 2.05) is 32.9 Å². The fourth-order valence-electron chi connectivity index (χ4n) is 3.24. The molecule has 9 heteroatoms. The molecule has 0 aliphatic carbocycles. The van der Waals surface area contributed by atoms with Gasteiger partial charge in [-0.05, 0) is 39.0 Å². The van der Waals surface area contributed by atoms with Crippen LogP contribution in [0.1, 0.15) is 29.9 Å². The number of aromatic nitrogens is 2. The van der Waals surface area contributed by atoms with Gasteiger partial charge in [0, 0.05) is 36.4 Å². The van der Waals surface area contributed by atoms with Crippen LogP contribution in [0.2, 0.25) is 5.02 Å². The van der Waals surface area contributed by atoms with Gasteiger partial charge in [-0.25, -0.2) is 9.97 Å². The van der Waals surface area contributed by atoms with E-state index in [1.165, 1.54) is 0 Å². The van der Waals surface area contributed by atoms with Gasteiger partial charge in [-0.15, -0.1) is 12.4 Å². The first-order valence-corrected chi connectivity index (χ1v) is 10.0. The molecule has 2 heterocycles. The number of methoxy groups -OCH3 is 2. The molecule has 3 rings (SSSR count). The zero-order chi connectivity index (χ0) is 21.8. The fraction of sp³-hybridized carbons (Fsp3) is 0.318. The first-order chi connectivity index (χ1) is 14.4. The van der Waals surface area contributed by atoms with Crippen molar-refractivity contribution in [3.05, 3.63) is 46.7 Å². The third-order valence-electron chi connectivity index (χ3n) is 4.88. The molecule has 0 atom stereocenters. The second-order valence-corrected chi connectivity index (χ2v) is 7.07. The molecular weight excluding hydrogens is 439 g/mol. The van der Waals surface area contributed by atoms with Gasteiger partial charge in [0.2, 0.25) is 0 Å². The number of amides is 1. The SMILES string of the molecule is CCN(CC)C(=O)c1cnc2nc(C)ccc2c1Nc1cc(Cl)c(OC)cc1OC.Cl. The average Bonchev–Trinajstić information content (AvgIpc) is 2.74. The highest BCUT2D eigenvalue weighted by Gasteiger charge is 2.21. The minimum Gasteiger partial charge on any atom is -0.495 e. The Bertz CT molecular complexity index is 1090. The largest absolute Gasteiger partial charge is 0.495 e. The highest BCUT2D eigenvalue weighted by molar-refractivity contribution is 6.32. The Hall–Kier alpha value is -2.77. The number of anilines is 2. The lowest BCUT2D eigenvalue weighted by atomic mass is 10.1. The summed E-state index contributed by atoms with van der Waals surface area (Å²) < 4.78 is 10.8. The number of hydrogen-bond acceptors (Lipinski definition) is 6. The predicted molar refractivity (Wildman–Crippen MR) is 127 cm³/mol. The second-order valence-electron chi connectivity index (χ2n) is 6.66. The number of fused-ring (bicyclic) bond motifs is 1. The quantitative estimate of drug-likeness (QED) is 0.513. The van der Waals surface area contributed by atoms with Gasteiger partial charge in [-0.3, -0.25) is 4.79 Å². The van der Waals surface area contributed by atoms with Crippen molar-refractivity contribution in [1.82, 2.24) is 14.9 Å². The highest BCUT2D eigenvalue weighted by atomic mass is 35.5. The monoisotopic (exact) mass is 464 g/mol. The number of ether oxygens (including phenoxy) is 2. The lowest BCUT2D eigenvalue weighted by Gasteiger charge is -2.22. The molecule has 0 bridgehead atoms. The predicted octanol–water partition coefficient (Wildman–Crippen LogP) is 5.26. The zero-order valence-electron chi connectivity index (χ0n) is 18.2. The summed E-state index contributed by atoms with van der Waals surface area (Å²) in [6.07, 6.45) is 1.56. The Morgan fingerprint density at radius 3 is 2.42 bits per heavy atom. The molecule has 7 nitrogen and oxygen atoms in total. The van der Waals surface area contributed by atoms with Crippen LogP contribution in [0.4, 0.5) is 11.4 Å². The molecule has 1 N–H and O–H groups in total. The van der Waals surface area contributed by atoms with Gasteiger partial charge in [-0.1, -0.05) is 11.6 Å². The third kappa shape index (κ3) is 4.94. The molecule has 0 fully saturated rings. The number of pyridine rings is 2. The average molecular weight is 465 g/mol. The molecular formula is C22H26Cl2N4O3. The van der Waals surface area contributed by atoms with E-state index in [4.69, 9.17) is 21.1 Å². The Morgan fingerprint density at radius 1 is 1.13 bits per heavy atom. The van der Waals surface area contributed by atoms with Gasteiger partial charge < -0.3 is 19.7 Å². The summed E-state index contributed by atoms with van der Waals surface area (Å²) in [5.41, 5.74) is 3.04. The number of carbonyl (C=O) groups excluding carboxylic acids is 1. The van der Waals surface area contributed by atoms with E-state index in [2.05, 4.69) is 15.3 Å². The maximum atomic E-state index is 13.2. The van der Waals surface area contributed by atoms with E-state index < -0.39 is 0 Å². The standard InChI is InChI=1S/C22H25ClN4O3.ClH/c1-6-27(7-2)22(28)15-12-24-21-14(9-8-13(3)25-21)20(15)26-17-10-16(23)18(29-4)11-19(17)30-5;/h8-12H,6-7H2,1-5H3,(H,24,25,26);1H. The van der Waals surface area contributed by atoms with Crippen LogP contribution >= 0.6 is 24.0 Å². The number of nitrogens with one attached hydrogen (secondary N) is 1. The molecule has 0 saturated carbocycles. The van der Waals surface area contributed by atoms with Crippen molar-refractivity contribution in [3.8, 4) is 11.5 Å². The van der Waals surface area contributed by atoms with Crippen LogP contribution < -0.4 is 14.8 Å². The van der Waals surface area contributed by atoms with E-state index in [-0.39, 0.29) is 18.3 Å². The topological polar surface area (TPSA) is 76.6 Å². The van der Waals surface area contributed by atoms with Crippen LogP contribution in [-0.4, -0.2) is 48.1 Å². The summed E-state index contributed by atoms with van der Waals surface area (Å²) >= 11 is 6.34. The maximum absolute atomic E-state index is 13.2. The van der Waals surface area contributed by atoms with Crippen molar-refractivity contribution in [2.45, 2.75) is 20.8 Å². The van der Waals surface area contributed by atoms with Crippen molar-refractivity contribution >= 4 is 52.3 Å². The van der Waals surface area contributed by atoms with E-state index >= 15 is 0 Å². The van der Waals surface area contributed by atoms with E-state index in [1.54, 1.807) is 37.4 Å². The van der Waals surface area contributed by atoms with Gasteiger partial charge in [0.15, 0.2) is 5.65 Å². The molecule has 3 aromatic rings. The molecule has 0 saturated heterocycles. The first-order valence-electron chi connectivity index (χ1n) is 9.67. The Balaban J connectivity index is 0.00000341. The zero-order valence-corrected chi connectivity index (χ0v) is 19.7. The molecule has 166 valence electrons. The van der Waals surface area contributed by atoms with E-state index in [0.29, 0.717) is 52.2 Å². The fourth-order valence-corrected chi connectivity index (χ4v) is 3.48. The molecule has 0 aliphatic heterocycles. The van der Waals surface area contributed by atoms with Gasteiger partial charge >= 0.3 is 0 Å². The number of carbonyl (C=O) groups is 1. The summed E-state index contributed by atoms with van der Waals surface area (Å²) in [5.74, 6) is 0.911. The number of hydrogen-bond donors (Lipinski definition) is 1. The lowest BCUT2D eigenvalue weighted by molar-refractivity contribution is 0.0773. The normalized spacial score (nSPS) is 10.4. The van der Waals surface area contributed by atoms with Crippen LogP contribution in [0.25, 0.3) is 11.0 Å². The number of nitrogens with zero attached hydrogens (tertiary/aromatic N) is 3. The Morgan fingerprint density at radius 2 is 1.81 bits per heavy atom. The minimum atomic E-state index is -0.115. The van der Waals surface area contributed by atoms with Crippen LogP contribution in [0.5, 0.6) is 11.5 Å². The number of benzene rings is 1. The summed E-state index contributed by atoms with van der Waals surface area (Å²) in [6, 6.07) is 7.20. The molecule has 31 heavy (non-hydrogen) atoms. The Kier molecular flexibility index (Phi) is 8.30. The number of halogens is 2. The van der Waals surface area contributed by atoms with Crippen LogP contribution in [-0.2, 0) is 0 Å². The number of rotatable bonds is 7. The molecule has 0 unspecified atom stereocenters. The Labute approximate surface area is 193 Å². The molecule has 0 spiro atoms. The molecule has 2 aromatic heterocycles.